The fourth-order valence-corrected chi connectivity index (χ4v) is 3.30. The van der Waals surface area contributed by atoms with E-state index in [0.717, 1.165) is 12.1 Å². The Kier molecular flexibility index (Phi) is 5.52. The van der Waals surface area contributed by atoms with E-state index in [2.05, 4.69) is 34.9 Å². The molecule has 19 heavy (non-hydrogen) atoms. The molecule has 0 amide bonds. The molecule has 1 aromatic rings. The van der Waals surface area contributed by atoms with Gasteiger partial charge in [0.05, 0.1) is 4.92 Å². The number of aryl methyl sites for hydroxylation is 1. The highest BCUT2D eigenvalue weighted by atomic mass is 79.9. The van der Waals surface area contributed by atoms with Gasteiger partial charge in [-0.1, -0.05) is 29.8 Å². The topological polar surface area (TPSA) is 61.0 Å². The maximum absolute atomic E-state index is 11.2. The normalized spacial score (nSPS) is 13.3. The van der Waals surface area contributed by atoms with Crippen LogP contribution >= 0.6 is 15.9 Å². The van der Waals surface area contributed by atoms with Gasteiger partial charge in [0.15, 0.2) is 0 Å². The maximum atomic E-state index is 11.2. The van der Waals surface area contributed by atoms with Crippen molar-refractivity contribution in [1.82, 2.24) is 9.78 Å². The Morgan fingerprint density at radius 2 is 1.95 bits per heavy atom. The molecule has 0 aromatic carbocycles. The molecule has 0 fully saturated rings. The minimum absolute atomic E-state index is 0.126. The Bertz CT molecular complexity index is 455. The van der Waals surface area contributed by atoms with E-state index in [1.54, 1.807) is 11.6 Å². The van der Waals surface area contributed by atoms with Crippen molar-refractivity contribution < 1.29 is 4.92 Å². The first-order valence-corrected chi connectivity index (χ1v) is 7.52. The van der Waals surface area contributed by atoms with Crippen LogP contribution in [0.2, 0.25) is 0 Å². The van der Waals surface area contributed by atoms with Crippen LogP contribution in [0.15, 0.2) is 0 Å². The zero-order valence-electron chi connectivity index (χ0n) is 12.2. The summed E-state index contributed by atoms with van der Waals surface area (Å²) in [5.74, 6) is 0.556. The van der Waals surface area contributed by atoms with Crippen LogP contribution in [0.1, 0.15) is 51.5 Å². The first kappa shape index (κ1) is 16.1. The monoisotopic (exact) mass is 331 g/mol. The molecule has 1 heterocycles. The van der Waals surface area contributed by atoms with Crippen LogP contribution in [0.5, 0.6) is 0 Å². The van der Waals surface area contributed by atoms with Gasteiger partial charge in [0.1, 0.15) is 11.4 Å². The van der Waals surface area contributed by atoms with Gasteiger partial charge in [0.25, 0.3) is 0 Å². The molecule has 0 aliphatic rings. The minimum atomic E-state index is -0.314. The molecule has 1 aromatic heterocycles. The molecular formula is C13H22BrN3O2. The summed E-state index contributed by atoms with van der Waals surface area (Å²) in [7, 11) is 0. The number of hydrogen-bond donors (Lipinski definition) is 0. The maximum Gasteiger partial charge on any atom is 0.313 e. The van der Waals surface area contributed by atoms with Crippen molar-refractivity contribution in [3.05, 3.63) is 21.5 Å². The lowest BCUT2D eigenvalue weighted by molar-refractivity contribution is -0.386. The quantitative estimate of drug-likeness (QED) is 0.449. The van der Waals surface area contributed by atoms with Crippen molar-refractivity contribution in [1.29, 1.82) is 0 Å². The standard InChI is InChI=1S/C13H22BrN3O2/c1-8(2)6-11(14)7-12-13(17(18)19)10(5)15-16(12)9(3)4/h8-9,11H,6-7H2,1-5H3. The van der Waals surface area contributed by atoms with Crippen molar-refractivity contribution in [2.75, 3.05) is 0 Å². The van der Waals surface area contributed by atoms with E-state index in [1.165, 1.54) is 0 Å². The summed E-state index contributed by atoms with van der Waals surface area (Å²) in [6.45, 7) is 9.98. The van der Waals surface area contributed by atoms with Gasteiger partial charge >= 0.3 is 5.69 Å². The average molecular weight is 332 g/mol. The first-order chi connectivity index (χ1) is 8.73. The third-order valence-electron chi connectivity index (χ3n) is 2.96. The summed E-state index contributed by atoms with van der Waals surface area (Å²) in [4.78, 5) is 11.1. The van der Waals surface area contributed by atoms with Crippen molar-refractivity contribution in [2.45, 2.75) is 58.3 Å². The Morgan fingerprint density at radius 1 is 1.37 bits per heavy atom. The van der Waals surface area contributed by atoms with Crippen LogP contribution < -0.4 is 0 Å². The molecule has 0 radical (unpaired) electrons. The molecule has 1 rings (SSSR count). The summed E-state index contributed by atoms with van der Waals surface area (Å²) in [5, 5.41) is 15.5. The zero-order chi connectivity index (χ0) is 14.7. The Labute approximate surface area is 122 Å². The van der Waals surface area contributed by atoms with Gasteiger partial charge in [-0.05, 0) is 33.1 Å². The molecule has 108 valence electrons. The molecule has 0 aliphatic carbocycles. The van der Waals surface area contributed by atoms with Gasteiger partial charge in [0.2, 0.25) is 0 Å². The van der Waals surface area contributed by atoms with Gasteiger partial charge in [-0.25, -0.2) is 0 Å². The van der Waals surface area contributed by atoms with E-state index in [4.69, 9.17) is 0 Å². The number of nitro groups is 1. The summed E-state index contributed by atoms with van der Waals surface area (Å²) in [6.07, 6.45) is 1.62. The molecule has 6 heteroatoms. The second-order valence-corrected chi connectivity index (χ2v) is 6.90. The van der Waals surface area contributed by atoms with E-state index < -0.39 is 0 Å². The van der Waals surface area contributed by atoms with Crippen LogP contribution in [-0.4, -0.2) is 19.5 Å². The number of nitrogens with zero attached hydrogens (tertiary/aromatic N) is 3. The van der Waals surface area contributed by atoms with E-state index in [-0.39, 0.29) is 21.5 Å². The van der Waals surface area contributed by atoms with Gasteiger partial charge in [0, 0.05) is 17.3 Å². The third-order valence-corrected chi connectivity index (χ3v) is 3.66. The molecule has 0 aliphatic heterocycles. The highest BCUT2D eigenvalue weighted by molar-refractivity contribution is 9.09. The van der Waals surface area contributed by atoms with Crippen LogP contribution in [0.4, 0.5) is 5.69 Å². The summed E-state index contributed by atoms with van der Waals surface area (Å²) >= 11 is 3.63. The highest BCUT2D eigenvalue weighted by Gasteiger charge is 2.27. The molecule has 1 atom stereocenters. The predicted molar refractivity (Wildman–Crippen MR) is 79.9 cm³/mol. The molecule has 0 spiro atoms. The predicted octanol–water partition coefficient (Wildman–Crippen LogP) is 4.03. The van der Waals surface area contributed by atoms with E-state index in [1.807, 2.05) is 13.8 Å². The summed E-state index contributed by atoms with van der Waals surface area (Å²) in [5.41, 5.74) is 1.39. The lowest BCUT2D eigenvalue weighted by Crippen LogP contribution is -2.14. The second kappa shape index (κ2) is 6.50. The number of rotatable bonds is 6. The third kappa shape index (κ3) is 4.03. The Hall–Kier alpha value is -0.910. The highest BCUT2D eigenvalue weighted by Crippen LogP contribution is 2.29. The fraction of sp³-hybridized carbons (Fsp3) is 0.769. The fourth-order valence-electron chi connectivity index (χ4n) is 2.25. The smallest absolute Gasteiger partial charge is 0.260 e. The zero-order valence-corrected chi connectivity index (χ0v) is 13.8. The molecule has 0 saturated heterocycles. The molecule has 5 nitrogen and oxygen atoms in total. The van der Waals surface area contributed by atoms with Crippen LogP contribution in [-0.2, 0) is 6.42 Å². The molecule has 1 unspecified atom stereocenters. The summed E-state index contributed by atoms with van der Waals surface area (Å²) < 4.78 is 1.78. The van der Waals surface area contributed by atoms with Gasteiger partial charge in [-0.3, -0.25) is 14.8 Å². The SMILES string of the molecule is Cc1nn(C(C)C)c(CC(Br)CC(C)C)c1[N+](=O)[O-]. The van der Waals surface area contributed by atoms with Crippen molar-refractivity contribution in [3.8, 4) is 0 Å². The lowest BCUT2D eigenvalue weighted by atomic mass is 10.0. The van der Waals surface area contributed by atoms with Crippen molar-refractivity contribution in [3.63, 3.8) is 0 Å². The first-order valence-electron chi connectivity index (χ1n) is 6.60. The van der Waals surface area contributed by atoms with E-state index >= 15 is 0 Å². The molecule has 0 saturated carbocycles. The second-order valence-electron chi connectivity index (χ2n) is 5.61. The van der Waals surface area contributed by atoms with Crippen LogP contribution in [0.3, 0.4) is 0 Å². The Morgan fingerprint density at radius 3 is 2.37 bits per heavy atom. The van der Waals surface area contributed by atoms with Crippen LogP contribution in [0, 0.1) is 23.0 Å². The molecular weight excluding hydrogens is 310 g/mol. The number of alkyl halides is 1. The van der Waals surface area contributed by atoms with Crippen LogP contribution in [0.25, 0.3) is 0 Å². The molecule has 0 N–H and O–H groups in total. The number of halogens is 1. The Balaban J connectivity index is 3.12. The lowest BCUT2D eigenvalue weighted by Gasteiger charge is -2.15. The van der Waals surface area contributed by atoms with Crippen molar-refractivity contribution in [2.24, 2.45) is 5.92 Å². The van der Waals surface area contributed by atoms with Gasteiger partial charge in [-0.15, -0.1) is 0 Å². The summed E-state index contributed by atoms with van der Waals surface area (Å²) in [6, 6.07) is 0.126. The van der Waals surface area contributed by atoms with Gasteiger partial charge < -0.3 is 0 Å². The number of aromatic nitrogens is 2. The van der Waals surface area contributed by atoms with Gasteiger partial charge in [-0.2, -0.15) is 5.10 Å². The van der Waals surface area contributed by atoms with E-state index in [9.17, 15) is 10.1 Å². The number of hydrogen-bond acceptors (Lipinski definition) is 3. The van der Waals surface area contributed by atoms with E-state index in [0.29, 0.717) is 18.0 Å². The minimum Gasteiger partial charge on any atom is -0.260 e. The van der Waals surface area contributed by atoms with Crippen molar-refractivity contribution >= 4 is 21.6 Å². The largest absolute Gasteiger partial charge is 0.313 e. The average Bonchev–Trinajstić information content (AvgIpc) is 2.53. The molecule has 0 bridgehead atoms.